The first-order valence-electron chi connectivity index (χ1n) is 4.61. The second-order valence-electron chi connectivity index (χ2n) is 3.09. The average Bonchev–Trinajstić information content (AvgIpc) is 2.17. The number of nitro benzene ring substituents is 1. The van der Waals surface area contributed by atoms with Crippen molar-refractivity contribution >= 4 is 23.6 Å². The van der Waals surface area contributed by atoms with Crippen molar-refractivity contribution in [3.63, 3.8) is 0 Å². The highest BCUT2D eigenvalue weighted by molar-refractivity contribution is 7.84. The van der Waals surface area contributed by atoms with Crippen LogP contribution in [0.1, 0.15) is 12.5 Å². The van der Waals surface area contributed by atoms with Crippen LogP contribution in [0.25, 0.3) is 0 Å². The van der Waals surface area contributed by atoms with E-state index in [-0.39, 0.29) is 18.5 Å². The van der Waals surface area contributed by atoms with Crippen LogP contribution in [0, 0.1) is 10.1 Å². The minimum absolute atomic E-state index is 0.00966. The van der Waals surface area contributed by atoms with Crippen molar-refractivity contribution in [1.29, 1.82) is 0 Å². The largest absolute Gasteiger partial charge is 0.318 e. The van der Waals surface area contributed by atoms with Gasteiger partial charge in [0.05, 0.1) is 17.7 Å². The Bertz CT molecular complexity index is 420. The fourth-order valence-electron chi connectivity index (χ4n) is 1.18. The van der Waals surface area contributed by atoms with Gasteiger partial charge in [0.1, 0.15) is 0 Å². The molecule has 1 aromatic rings. The number of hydrogen-bond donors (Lipinski definition) is 0. The van der Waals surface area contributed by atoms with Crippen molar-refractivity contribution in [2.45, 2.75) is 13.1 Å². The van der Waals surface area contributed by atoms with Crippen LogP contribution < -0.4 is 0 Å². The lowest BCUT2D eigenvalue weighted by molar-refractivity contribution is -0.384. The van der Waals surface area contributed by atoms with E-state index in [9.17, 15) is 14.7 Å². The molecule has 1 aromatic carbocycles. The highest BCUT2D eigenvalue weighted by Gasteiger charge is 2.19. The molecule has 0 amide bonds. The summed E-state index contributed by atoms with van der Waals surface area (Å²) in [5, 5.41) is 10.4. The summed E-state index contributed by atoms with van der Waals surface area (Å²) < 4.78 is 16.5. The zero-order valence-electron chi connectivity index (χ0n) is 8.63. The van der Waals surface area contributed by atoms with Crippen LogP contribution in [0.3, 0.4) is 0 Å². The van der Waals surface area contributed by atoms with E-state index in [0.29, 0.717) is 5.56 Å². The molecule has 88 valence electrons. The summed E-state index contributed by atoms with van der Waals surface area (Å²) in [5.41, 5.74) is 0.641. The Hall–Kier alpha value is -0.900. The molecular weight excluding hydrogens is 253 g/mol. The fourth-order valence-corrected chi connectivity index (χ4v) is 3.01. The fraction of sp³-hybridized carbons (Fsp3) is 0.333. The molecule has 1 atom stereocenters. The molecule has 0 aromatic heterocycles. The first-order chi connectivity index (χ1) is 7.44. The van der Waals surface area contributed by atoms with Crippen molar-refractivity contribution in [1.82, 2.24) is 0 Å². The van der Waals surface area contributed by atoms with E-state index >= 15 is 0 Å². The molecule has 5 nitrogen and oxygen atoms in total. The van der Waals surface area contributed by atoms with Crippen LogP contribution in [0.2, 0.25) is 0 Å². The minimum atomic E-state index is -3.15. The Kier molecular flexibility index (Phi) is 4.47. The van der Waals surface area contributed by atoms with E-state index in [1.807, 2.05) is 0 Å². The molecule has 0 saturated heterocycles. The van der Waals surface area contributed by atoms with Gasteiger partial charge in [-0.05, 0) is 23.7 Å². The van der Waals surface area contributed by atoms with Gasteiger partial charge in [-0.15, -0.1) is 0 Å². The molecule has 0 saturated carbocycles. The van der Waals surface area contributed by atoms with Crippen molar-refractivity contribution in [3.8, 4) is 0 Å². The topological polar surface area (TPSA) is 69.4 Å². The van der Waals surface area contributed by atoms with Gasteiger partial charge in [0.2, 0.25) is 0 Å². The molecule has 7 heteroatoms. The molecule has 0 aliphatic rings. The molecule has 0 unspecified atom stereocenters. The molecule has 0 radical (unpaired) electrons. The van der Waals surface area contributed by atoms with Gasteiger partial charge in [0.15, 0.2) is 0 Å². The van der Waals surface area contributed by atoms with Gasteiger partial charge in [-0.1, -0.05) is 12.1 Å². The standard InChI is InChI=1S/C9H11ClNO4P/c1-2-15-16(10,14)7-8-3-5-9(6-4-8)11(12)13/h3-6H,2,7H2,1H3/t16-/m1/s1. The number of nitrogens with zero attached hydrogens (tertiary/aromatic N) is 1. The third-order valence-electron chi connectivity index (χ3n) is 1.84. The Morgan fingerprint density at radius 3 is 2.44 bits per heavy atom. The summed E-state index contributed by atoms with van der Waals surface area (Å²) in [6, 6.07) is 5.73. The summed E-state index contributed by atoms with van der Waals surface area (Å²) in [7, 11) is 0. The van der Waals surface area contributed by atoms with Crippen LogP contribution >= 0.6 is 18.0 Å². The van der Waals surface area contributed by atoms with Gasteiger partial charge >= 0.3 is 0 Å². The van der Waals surface area contributed by atoms with Gasteiger partial charge in [-0.2, -0.15) is 0 Å². The molecular formula is C9H11ClNO4P. The Balaban J connectivity index is 2.76. The minimum Gasteiger partial charge on any atom is -0.318 e. The highest BCUT2D eigenvalue weighted by atomic mass is 35.7. The van der Waals surface area contributed by atoms with Crippen LogP contribution in [-0.2, 0) is 15.3 Å². The van der Waals surface area contributed by atoms with Crippen LogP contribution in [0.15, 0.2) is 24.3 Å². The van der Waals surface area contributed by atoms with Crippen LogP contribution in [0.4, 0.5) is 5.69 Å². The molecule has 0 aliphatic heterocycles. The maximum absolute atomic E-state index is 11.6. The van der Waals surface area contributed by atoms with Gasteiger partial charge < -0.3 is 4.52 Å². The summed E-state index contributed by atoms with van der Waals surface area (Å²) in [6.07, 6.45) is 0.0698. The third kappa shape index (κ3) is 3.93. The number of nitro groups is 1. The number of non-ortho nitro benzene ring substituents is 1. The normalized spacial score (nSPS) is 14.4. The summed E-state index contributed by atoms with van der Waals surface area (Å²) in [5.74, 6) is 0. The van der Waals surface area contributed by atoms with Gasteiger partial charge in [-0.25, -0.2) is 0 Å². The van der Waals surface area contributed by atoms with Crippen molar-refractivity contribution < 1.29 is 14.0 Å². The lowest BCUT2D eigenvalue weighted by Crippen LogP contribution is -1.91. The Morgan fingerprint density at radius 1 is 1.44 bits per heavy atom. The number of rotatable bonds is 5. The van der Waals surface area contributed by atoms with Gasteiger partial charge in [0.25, 0.3) is 12.4 Å². The van der Waals surface area contributed by atoms with Crippen molar-refractivity contribution in [2.75, 3.05) is 6.61 Å². The van der Waals surface area contributed by atoms with E-state index in [4.69, 9.17) is 15.8 Å². The average molecular weight is 264 g/mol. The second kappa shape index (κ2) is 5.43. The molecule has 0 spiro atoms. The van der Waals surface area contributed by atoms with Crippen LogP contribution in [0.5, 0.6) is 0 Å². The highest BCUT2D eigenvalue weighted by Crippen LogP contribution is 2.55. The van der Waals surface area contributed by atoms with E-state index in [1.165, 1.54) is 24.3 Å². The number of benzene rings is 1. The maximum atomic E-state index is 11.6. The molecule has 0 bridgehead atoms. The third-order valence-corrected chi connectivity index (χ3v) is 3.88. The maximum Gasteiger partial charge on any atom is 0.294 e. The lowest BCUT2D eigenvalue weighted by atomic mass is 10.2. The molecule has 0 N–H and O–H groups in total. The molecule has 0 fully saturated rings. The SMILES string of the molecule is CCO[P@@](=O)(Cl)Cc1ccc([N+](=O)[O-])cc1. The first kappa shape index (κ1) is 13.2. The smallest absolute Gasteiger partial charge is 0.294 e. The zero-order chi connectivity index (χ0) is 12.2. The lowest BCUT2D eigenvalue weighted by Gasteiger charge is -2.09. The predicted molar refractivity (Wildman–Crippen MR) is 61.9 cm³/mol. The van der Waals surface area contributed by atoms with E-state index in [2.05, 4.69) is 0 Å². The zero-order valence-corrected chi connectivity index (χ0v) is 10.3. The van der Waals surface area contributed by atoms with E-state index in [0.717, 1.165) is 0 Å². The monoisotopic (exact) mass is 263 g/mol. The number of halogens is 1. The predicted octanol–water partition coefficient (Wildman–Crippen LogP) is 3.56. The van der Waals surface area contributed by atoms with Crippen molar-refractivity contribution in [2.24, 2.45) is 0 Å². The van der Waals surface area contributed by atoms with Crippen molar-refractivity contribution in [3.05, 3.63) is 39.9 Å². The molecule has 1 rings (SSSR count). The molecule has 16 heavy (non-hydrogen) atoms. The van der Waals surface area contributed by atoms with E-state index < -0.39 is 11.6 Å². The van der Waals surface area contributed by atoms with Gasteiger partial charge in [0, 0.05) is 12.1 Å². The Morgan fingerprint density at radius 2 is 2.00 bits per heavy atom. The quantitative estimate of drug-likeness (QED) is 0.463. The number of hydrogen-bond acceptors (Lipinski definition) is 4. The summed E-state index contributed by atoms with van der Waals surface area (Å²) >= 11 is 5.67. The molecule has 0 heterocycles. The first-order valence-corrected chi connectivity index (χ1v) is 7.32. The Labute approximate surface area is 97.8 Å². The summed E-state index contributed by atoms with van der Waals surface area (Å²) in [6.45, 7) is -1.18. The van der Waals surface area contributed by atoms with E-state index in [1.54, 1.807) is 6.92 Å². The summed E-state index contributed by atoms with van der Waals surface area (Å²) in [4.78, 5) is 9.91. The second-order valence-corrected chi connectivity index (χ2v) is 6.39. The van der Waals surface area contributed by atoms with Crippen LogP contribution in [-0.4, -0.2) is 11.5 Å². The molecule has 0 aliphatic carbocycles. The van der Waals surface area contributed by atoms with Gasteiger partial charge in [-0.3, -0.25) is 14.7 Å².